The van der Waals surface area contributed by atoms with Crippen LogP contribution < -0.4 is 11.5 Å². The smallest absolute Gasteiger partial charge is 0.335 e. The van der Waals surface area contributed by atoms with Gasteiger partial charge in [0.25, 0.3) is 0 Å². The van der Waals surface area contributed by atoms with Gasteiger partial charge in [-0.15, -0.1) is 0 Å². The molecule has 14 heavy (non-hydrogen) atoms. The Kier molecular flexibility index (Phi) is 1.93. The Morgan fingerprint density at radius 2 is 2.21 bits per heavy atom. The maximum absolute atomic E-state index is 10.8. The first kappa shape index (κ1) is 9.02. The number of anilines is 1. The van der Waals surface area contributed by atoms with E-state index in [1.54, 1.807) is 6.07 Å². The van der Waals surface area contributed by atoms with Gasteiger partial charge in [-0.05, 0) is 36.1 Å². The molecule has 0 aromatic heterocycles. The highest BCUT2D eigenvalue weighted by molar-refractivity contribution is 5.89. The molecule has 0 saturated carbocycles. The standard InChI is InChI=1S/C10H12N2O2/c11-8-2-1-6-7(8)3-5(10(13)14)4-9(6)12/h3-4,8H,1-2,11-12H2,(H,13,14)/t8-/m0/s1. The minimum Gasteiger partial charge on any atom is -0.478 e. The van der Waals surface area contributed by atoms with Crippen LogP contribution in [0.4, 0.5) is 5.69 Å². The highest BCUT2D eigenvalue weighted by atomic mass is 16.4. The van der Waals surface area contributed by atoms with Gasteiger partial charge < -0.3 is 16.6 Å². The predicted molar refractivity (Wildman–Crippen MR) is 53.1 cm³/mol. The summed E-state index contributed by atoms with van der Waals surface area (Å²) in [6, 6.07) is 3.07. The second kappa shape index (κ2) is 2.99. The Bertz CT molecular complexity index is 401. The molecular formula is C10H12N2O2. The lowest BCUT2D eigenvalue weighted by Gasteiger charge is -2.08. The number of nitrogens with two attached hydrogens (primary N) is 2. The molecule has 0 unspecified atom stereocenters. The van der Waals surface area contributed by atoms with Crippen LogP contribution in [0.1, 0.15) is 33.9 Å². The van der Waals surface area contributed by atoms with Crippen LogP contribution in [0.15, 0.2) is 12.1 Å². The molecule has 0 saturated heterocycles. The summed E-state index contributed by atoms with van der Waals surface area (Å²) in [5.74, 6) is -0.960. The van der Waals surface area contributed by atoms with Crippen molar-refractivity contribution in [3.05, 3.63) is 28.8 Å². The van der Waals surface area contributed by atoms with Gasteiger partial charge in [0.2, 0.25) is 0 Å². The summed E-state index contributed by atoms with van der Waals surface area (Å²) in [5.41, 5.74) is 14.3. The van der Waals surface area contributed by atoms with Crippen LogP contribution in [0.3, 0.4) is 0 Å². The van der Waals surface area contributed by atoms with Crippen LogP contribution in [-0.2, 0) is 6.42 Å². The van der Waals surface area contributed by atoms with Crippen LogP contribution in [0.5, 0.6) is 0 Å². The molecule has 4 nitrogen and oxygen atoms in total. The number of carboxylic acids is 1. The molecule has 1 aromatic carbocycles. The van der Waals surface area contributed by atoms with E-state index in [4.69, 9.17) is 16.6 Å². The van der Waals surface area contributed by atoms with Gasteiger partial charge in [-0.3, -0.25) is 0 Å². The number of hydrogen-bond acceptors (Lipinski definition) is 3. The Hall–Kier alpha value is -1.55. The van der Waals surface area contributed by atoms with E-state index in [1.165, 1.54) is 6.07 Å². The third-order valence-corrected chi connectivity index (χ3v) is 2.67. The van der Waals surface area contributed by atoms with Gasteiger partial charge >= 0.3 is 5.97 Å². The second-order valence-corrected chi connectivity index (χ2v) is 3.58. The number of carboxylic acid groups (broad SMARTS) is 1. The van der Waals surface area contributed by atoms with Crippen molar-refractivity contribution < 1.29 is 9.90 Å². The Morgan fingerprint density at radius 3 is 2.86 bits per heavy atom. The minimum atomic E-state index is -0.960. The molecule has 1 aromatic rings. The zero-order valence-electron chi connectivity index (χ0n) is 7.66. The Balaban J connectivity index is 2.58. The van der Waals surface area contributed by atoms with Crippen molar-refractivity contribution in [3.8, 4) is 0 Å². The molecule has 1 aliphatic carbocycles. The predicted octanol–water partition coefficient (Wildman–Crippen LogP) is 0.913. The molecule has 4 heteroatoms. The summed E-state index contributed by atoms with van der Waals surface area (Å²) in [6.45, 7) is 0. The Morgan fingerprint density at radius 1 is 1.50 bits per heavy atom. The lowest BCUT2D eigenvalue weighted by molar-refractivity contribution is 0.0697. The van der Waals surface area contributed by atoms with Crippen LogP contribution in [0, 0.1) is 0 Å². The fourth-order valence-electron chi connectivity index (χ4n) is 1.92. The summed E-state index contributed by atoms with van der Waals surface area (Å²) in [5, 5.41) is 8.83. The first-order chi connectivity index (χ1) is 6.59. The molecule has 0 amide bonds. The number of hydrogen-bond donors (Lipinski definition) is 3. The van der Waals surface area contributed by atoms with Crippen molar-refractivity contribution in [2.45, 2.75) is 18.9 Å². The summed E-state index contributed by atoms with van der Waals surface area (Å²) in [6.07, 6.45) is 1.70. The average molecular weight is 192 g/mol. The van der Waals surface area contributed by atoms with Gasteiger partial charge in [0.15, 0.2) is 0 Å². The number of rotatable bonds is 1. The molecule has 0 fully saturated rings. The molecule has 0 radical (unpaired) electrons. The zero-order chi connectivity index (χ0) is 10.3. The highest BCUT2D eigenvalue weighted by Gasteiger charge is 2.22. The highest BCUT2D eigenvalue weighted by Crippen LogP contribution is 2.34. The number of nitrogen functional groups attached to an aromatic ring is 1. The molecule has 5 N–H and O–H groups in total. The lowest BCUT2D eigenvalue weighted by atomic mass is 10.0. The topological polar surface area (TPSA) is 89.3 Å². The van der Waals surface area contributed by atoms with Crippen molar-refractivity contribution in [1.29, 1.82) is 0 Å². The fourth-order valence-corrected chi connectivity index (χ4v) is 1.92. The third kappa shape index (κ3) is 1.24. The van der Waals surface area contributed by atoms with Crippen molar-refractivity contribution in [2.75, 3.05) is 5.73 Å². The first-order valence-electron chi connectivity index (χ1n) is 4.50. The molecule has 0 spiro atoms. The van der Waals surface area contributed by atoms with E-state index < -0.39 is 5.97 Å². The molecule has 0 bridgehead atoms. The lowest BCUT2D eigenvalue weighted by Crippen LogP contribution is -2.08. The van der Waals surface area contributed by atoms with Gasteiger partial charge in [0.1, 0.15) is 0 Å². The van der Waals surface area contributed by atoms with E-state index >= 15 is 0 Å². The maximum Gasteiger partial charge on any atom is 0.335 e. The van der Waals surface area contributed by atoms with Gasteiger partial charge in [-0.25, -0.2) is 4.79 Å². The van der Waals surface area contributed by atoms with Crippen molar-refractivity contribution in [3.63, 3.8) is 0 Å². The van der Waals surface area contributed by atoms with E-state index in [0.717, 1.165) is 24.0 Å². The van der Waals surface area contributed by atoms with Crippen molar-refractivity contribution >= 4 is 11.7 Å². The van der Waals surface area contributed by atoms with E-state index in [-0.39, 0.29) is 11.6 Å². The fraction of sp³-hybridized carbons (Fsp3) is 0.300. The normalized spacial score (nSPS) is 19.4. The number of benzene rings is 1. The largest absolute Gasteiger partial charge is 0.478 e. The second-order valence-electron chi connectivity index (χ2n) is 3.58. The van der Waals surface area contributed by atoms with Crippen LogP contribution >= 0.6 is 0 Å². The maximum atomic E-state index is 10.8. The van der Waals surface area contributed by atoms with Crippen LogP contribution in [0.2, 0.25) is 0 Å². The minimum absolute atomic E-state index is 0.0633. The molecule has 1 aliphatic rings. The van der Waals surface area contributed by atoms with E-state index in [0.29, 0.717) is 5.69 Å². The van der Waals surface area contributed by atoms with Crippen molar-refractivity contribution in [1.82, 2.24) is 0 Å². The van der Waals surface area contributed by atoms with Crippen molar-refractivity contribution in [2.24, 2.45) is 5.73 Å². The van der Waals surface area contributed by atoms with E-state index in [1.807, 2.05) is 0 Å². The van der Waals surface area contributed by atoms with Gasteiger partial charge in [-0.2, -0.15) is 0 Å². The van der Waals surface area contributed by atoms with Gasteiger partial charge in [0.05, 0.1) is 5.56 Å². The molecule has 0 heterocycles. The summed E-state index contributed by atoms with van der Waals surface area (Å²) in [4.78, 5) is 10.8. The van der Waals surface area contributed by atoms with Crippen LogP contribution in [-0.4, -0.2) is 11.1 Å². The zero-order valence-corrected chi connectivity index (χ0v) is 7.66. The third-order valence-electron chi connectivity index (χ3n) is 2.67. The summed E-state index contributed by atoms with van der Waals surface area (Å²) < 4.78 is 0. The number of fused-ring (bicyclic) bond motifs is 1. The molecule has 74 valence electrons. The van der Waals surface area contributed by atoms with Crippen LogP contribution in [0.25, 0.3) is 0 Å². The molecular weight excluding hydrogens is 180 g/mol. The number of aromatic carboxylic acids is 1. The number of carbonyl (C=O) groups is 1. The quantitative estimate of drug-likeness (QED) is 0.577. The molecule has 1 atom stereocenters. The Labute approximate surface area is 81.5 Å². The average Bonchev–Trinajstić information content (AvgIpc) is 2.48. The SMILES string of the molecule is Nc1cc(C(=O)O)cc2c1CC[C@@H]2N. The first-order valence-corrected chi connectivity index (χ1v) is 4.50. The van der Waals surface area contributed by atoms with Gasteiger partial charge in [-0.1, -0.05) is 0 Å². The monoisotopic (exact) mass is 192 g/mol. The summed E-state index contributed by atoms with van der Waals surface area (Å²) >= 11 is 0. The van der Waals surface area contributed by atoms with E-state index in [2.05, 4.69) is 0 Å². The van der Waals surface area contributed by atoms with Gasteiger partial charge in [0, 0.05) is 11.7 Å². The van der Waals surface area contributed by atoms with E-state index in [9.17, 15) is 4.79 Å². The molecule has 0 aliphatic heterocycles. The molecule has 2 rings (SSSR count). The summed E-state index contributed by atoms with van der Waals surface area (Å²) in [7, 11) is 0.